The second kappa shape index (κ2) is 6.37. The third-order valence-electron chi connectivity index (χ3n) is 4.76. The number of fused-ring (bicyclic) bond motifs is 3. The van der Waals surface area contributed by atoms with Crippen LogP contribution >= 0.6 is 0 Å². The van der Waals surface area contributed by atoms with Gasteiger partial charge >= 0.3 is 0 Å². The van der Waals surface area contributed by atoms with Crippen LogP contribution in [0.1, 0.15) is 23.9 Å². The standard InChI is InChI=1S/C16H21N5O3/c1-22-14-3-5-17-12(16(14)23-2)8-20-6-4-13-15(9-20)24-10-11-7-18-19-21(11)13/h3,5,7,13,15H,4,6,8-10H2,1-2H3/t13-,15-/m0/s1. The summed E-state index contributed by atoms with van der Waals surface area (Å²) in [5.74, 6) is 1.41. The molecule has 128 valence electrons. The lowest BCUT2D eigenvalue weighted by Crippen LogP contribution is -2.48. The molecule has 4 heterocycles. The minimum absolute atomic E-state index is 0.129. The van der Waals surface area contributed by atoms with Gasteiger partial charge in [0.1, 0.15) is 5.69 Å². The summed E-state index contributed by atoms with van der Waals surface area (Å²) in [5.41, 5.74) is 1.94. The van der Waals surface area contributed by atoms with Crippen molar-refractivity contribution in [3.05, 3.63) is 29.8 Å². The van der Waals surface area contributed by atoms with Gasteiger partial charge in [-0.05, 0) is 6.42 Å². The van der Waals surface area contributed by atoms with E-state index < -0.39 is 0 Å². The summed E-state index contributed by atoms with van der Waals surface area (Å²) in [4.78, 5) is 6.81. The van der Waals surface area contributed by atoms with Crippen molar-refractivity contribution in [3.63, 3.8) is 0 Å². The van der Waals surface area contributed by atoms with Gasteiger partial charge < -0.3 is 14.2 Å². The normalized spacial score (nSPS) is 23.4. The van der Waals surface area contributed by atoms with Crippen LogP contribution < -0.4 is 9.47 Å². The van der Waals surface area contributed by atoms with E-state index in [0.717, 1.165) is 30.9 Å². The van der Waals surface area contributed by atoms with E-state index in [1.165, 1.54) is 0 Å². The van der Waals surface area contributed by atoms with Gasteiger partial charge in [0.25, 0.3) is 0 Å². The predicted octanol–water partition coefficient (Wildman–Crippen LogP) is 1.04. The summed E-state index contributed by atoms with van der Waals surface area (Å²) in [6.07, 6.45) is 4.65. The molecule has 8 heteroatoms. The zero-order chi connectivity index (χ0) is 16.5. The SMILES string of the molecule is COc1ccnc(CN2CC[C@H]3[C@H](C2)OCc2cnnn23)c1OC. The Kier molecular flexibility index (Phi) is 4.07. The zero-order valence-corrected chi connectivity index (χ0v) is 13.9. The van der Waals surface area contributed by atoms with Crippen LogP contribution in [-0.2, 0) is 17.9 Å². The highest BCUT2D eigenvalue weighted by Gasteiger charge is 2.36. The van der Waals surface area contributed by atoms with Gasteiger partial charge in [0.05, 0.1) is 44.9 Å². The van der Waals surface area contributed by atoms with Crippen LogP contribution in [0.4, 0.5) is 0 Å². The number of rotatable bonds is 4. The van der Waals surface area contributed by atoms with Gasteiger partial charge in [0, 0.05) is 31.9 Å². The summed E-state index contributed by atoms with van der Waals surface area (Å²) < 4.78 is 18.9. The van der Waals surface area contributed by atoms with E-state index in [9.17, 15) is 0 Å². The molecule has 2 atom stereocenters. The molecular formula is C16H21N5O3. The Labute approximate surface area is 140 Å². The molecule has 0 amide bonds. The first-order chi connectivity index (χ1) is 11.8. The molecule has 0 spiro atoms. The molecule has 24 heavy (non-hydrogen) atoms. The van der Waals surface area contributed by atoms with Crippen molar-refractivity contribution in [1.82, 2.24) is 24.9 Å². The molecule has 0 saturated carbocycles. The first-order valence-corrected chi connectivity index (χ1v) is 8.09. The molecular weight excluding hydrogens is 310 g/mol. The highest BCUT2D eigenvalue weighted by Crippen LogP contribution is 2.33. The lowest BCUT2D eigenvalue weighted by Gasteiger charge is -2.40. The number of hydrogen-bond donors (Lipinski definition) is 0. The summed E-state index contributed by atoms with van der Waals surface area (Å²) in [7, 11) is 3.28. The minimum Gasteiger partial charge on any atom is -0.493 e. The van der Waals surface area contributed by atoms with Crippen molar-refractivity contribution in [1.29, 1.82) is 0 Å². The Balaban J connectivity index is 1.49. The predicted molar refractivity (Wildman–Crippen MR) is 84.9 cm³/mol. The monoisotopic (exact) mass is 331 g/mol. The van der Waals surface area contributed by atoms with E-state index in [4.69, 9.17) is 14.2 Å². The Morgan fingerprint density at radius 1 is 1.33 bits per heavy atom. The van der Waals surface area contributed by atoms with E-state index in [0.29, 0.717) is 24.7 Å². The summed E-state index contributed by atoms with van der Waals surface area (Å²) >= 11 is 0. The van der Waals surface area contributed by atoms with Crippen LogP contribution in [0.15, 0.2) is 18.5 Å². The first-order valence-electron chi connectivity index (χ1n) is 8.09. The Morgan fingerprint density at radius 3 is 3.08 bits per heavy atom. The molecule has 0 radical (unpaired) electrons. The topological polar surface area (TPSA) is 74.5 Å². The van der Waals surface area contributed by atoms with E-state index in [2.05, 4.69) is 20.2 Å². The Bertz CT molecular complexity index is 719. The summed E-state index contributed by atoms with van der Waals surface area (Å²) in [6.45, 7) is 3.07. The quantitative estimate of drug-likeness (QED) is 0.828. The first kappa shape index (κ1) is 15.3. The van der Waals surface area contributed by atoms with Gasteiger partial charge in [0.15, 0.2) is 11.5 Å². The summed E-state index contributed by atoms with van der Waals surface area (Å²) in [6, 6.07) is 2.08. The number of methoxy groups -OCH3 is 2. The highest BCUT2D eigenvalue weighted by atomic mass is 16.5. The molecule has 1 fully saturated rings. The molecule has 0 unspecified atom stereocenters. The number of ether oxygens (including phenoxy) is 3. The second-order valence-corrected chi connectivity index (χ2v) is 6.10. The number of nitrogens with zero attached hydrogens (tertiary/aromatic N) is 5. The van der Waals surface area contributed by atoms with Crippen LogP contribution in [0.25, 0.3) is 0 Å². The molecule has 0 N–H and O–H groups in total. The third-order valence-corrected chi connectivity index (χ3v) is 4.76. The van der Waals surface area contributed by atoms with Crippen molar-refractivity contribution in [2.24, 2.45) is 0 Å². The molecule has 1 saturated heterocycles. The number of hydrogen-bond acceptors (Lipinski definition) is 7. The zero-order valence-electron chi connectivity index (χ0n) is 13.9. The third kappa shape index (κ3) is 2.61. The number of aromatic nitrogens is 4. The minimum atomic E-state index is 0.129. The Hall–Kier alpha value is -2.19. The van der Waals surface area contributed by atoms with Crippen LogP contribution in [0.3, 0.4) is 0 Å². The lowest BCUT2D eigenvalue weighted by atomic mass is 10.00. The maximum absolute atomic E-state index is 6.02. The maximum Gasteiger partial charge on any atom is 0.183 e. The van der Waals surface area contributed by atoms with Gasteiger partial charge in [-0.3, -0.25) is 9.88 Å². The maximum atomic E-state index is 6.02. The average Bonchev–Trinajstić information content (AvgIpc) is 3.10. The van der Waals surface area contributed by atoms with Crippen molar-refractivity contribution < 1.29 is 14.2 Å². The molecule has 2 aliphatic rings. The lowest BCUT2D eigenvalue weighted by molar-refractivity contribution is -0.0707. The molecule has 0 bridgehead atoms. The van der Waals surface area contributed by atoms with Crippen LogP contribution in [0.2, 0.25) is 0 Å². The fraction of sp³-hybridized carbons (Fsp3) is 0.562. The second-order valence-electron chi connectivity index (χ2n) is 6.10. The van der Waals surface area contributed by atoms with Gasteiger partial charge in [-0.15, -0.1) is 5.10 Å². The smallest absolute Gasteiger partial charge is 0.183 e. The van der Waals surface area contributed by atoms with Gasteiger partial charge in [-0.1, -0.05) is 5.21 Å². The average molecular weight is 331 g/mol. The van der Waals surface area contributed by atoms with Crippen molar-refractivity contribution >= 4 is 0 Å². The van der Waals surface area contributed by atoms with E-state index in [1.54, 1.807) is 26.6 Å². The Morgan fingerprint density at radius 2 is 2.25 bits per heavy atom. The molecule has 4 rings (SSSR count). The number of likely N-dealkylation sites (tertiary alicyclic amines) is 1. The van der Waals surface area contributed by atoms with Crippen LogP contribution in [-0.4, -0.2) is 58.3 Å². The van der Waals surface area contributed by atoms with Gasteiger partial charge in [0.2, 0.25) is 0 Å². The summed E-state index contributed by atoms with van der Waals surface area (Å²) in [5, 5.41) is 8.22. The van der Waals surface area contributed by atoms with Crippen molar-refractivity contribution in [2.75, 3.05) is 27.3 Å². The van der Waals surface area contributed by atoms with E-state index in [1.807, 2.05) is 10.7 Å². The van der Waals surface area contributed by atoms with Gasteiger partial charge in [-0.2, -0.15) is 0 Å². The van der Waals surface area contributed by atoms with E-state index >= 15 is 0 Å². The number of pyridine rings is 1. The van der Waals surface area contributed by atoms with Crippen LogP contribution in [0, 0.1) is 0 Å². The van der Waals surface area contributed by atoms with E-state index in [-0.39, 0.29) is 12.1 Å². The van der Waals surface area contributed by atoms with Gasteiger partial charge in [-0.25, -0.2) is 4.68 Å². The largest absolute Gasteiger partial charge is 0.493 e. The molecule has 0 aromatic carbocycles. The van der Waals surface area contributed by atoms with Crippen LogP contribution in [0.5, 0.6) is 11.5 Å². The fourth-order valence-corrected chi connectivity index (χ4v) is 3.57. The van der Waals surface area contributed by atoms with Crippen molar-refractivity contribution in [2.45, 2.75) is 31.7 Å². The van der Waals surface area contributed by atoms with Crippen molar-refractivity contribution in [3.8, 4) is 11.5 Å². The highest BCUT2D eigenvalue weighted by molar-refractivity contribution is 5.42. The molecule has 0 aliphatic carbocycles. The number of piperidine rings is 1. The molecule has 2 aromatic rings. The molecule has 2 aliphatic heterocycles. The molecule has 8 nitrogen and oxygen atoms in total. The molecule has 2 aromatic heterocycles. The fourth-order valence-electron chi connectivity index (χ4n) is 3.57.